The molecule has 0 bridgehead atoms. The Hall–Kier alpha value is -1.25. The molecule has 0 saturated carbocycles. The predicted octanol–water partition coefficient (Wildman–Crippen LogP) is 4.18. The molecule has 14 heavy (non-hydrogen) atoms. The molecule has 0 atom stereocenters. The van der Waals surface area contributed by atoms with Gasteiger partial charge >= 0.3 is 6.18 Å². The zero-order chi connectivity index (χ0) is 11.2. The van der Waals surface area contributed by atoms with Crippen LogP contribution in [0.2, 0.25) is 0 Å². The van der Waals surface area contributed by atoms with Gasteiger partial charge in [0.25, 0.3) is 0 Å². The minimum Gasteiger partial charge on any atom is -0.166 e. The first kappa shape index (κ1) is 12.8. The molecule has 0 fully saturated rings. The van der Waals surface area contributed by atoms with E-state index in [2.05, 4.69) is 13.2 Å². The Bertz CT molecular complexity index is 267. The van der Waals surface area contributed by atoms with Gasteiger partial charge in [0, 0.05) is 0 Å². The van der Waals surface area contributed by atoms with Gasteiger partial charge in [-0.25, -0.2) is 0 Å². The van der Waals surface area contributed by atoms with Gasteiger partial charge in [-0.3, -0.25) is 0 Å². The molecule has 0 aromatic rings. The third-order valence-corrected chi connectivity index (χ3v) is 1.52. The van der Waals surface area contributed by atoms with Crippen LogP contribution in [0.4, 0.5) is 13.2 Å². The number of hydrogen-bond donors (Lipinski definition) is 0. The first-order chi connectivity index (χ1) is 6.43. The lowest BCUT2D eigenvalue weighted by Gasteiger charge is -2.10. The summed E-state index contributed by atoms with van der Waals surface area (Å²) in [6, 6.07) is 0. The van der Waals surface area contributed by atoms with Crippen LogP contribution in [0.25, 0.3) is 0 Å². The lowest BCUT2D eigenvalue weighted by molar-refractivity contribution is -0.0886. The molecule has 0 heterocycles. The van der Waals surface area contributed by atoms with Gasteiger partial charge in [0.15, 0.2) is 0 Å². The Labute approximate surface area is 82.1 Å². The van der Waals surface area contributed by atoms with Gasteiger partial charge in [0.05, 0.1) is 5.57 Å². The lowest BCUT2D eigenvalue weighted by Crippen LogP contribution is -2.11. The molecule has 0 unspecified atom stereocenters. The van der Waals surface area contributed by atoms with Gasteiger partial charge in [-0.15, -0.1) is 0 Å². The van der Waals surface area contributed by atoms with Crippen LogP contribution in [0.5, 0.6) is 0 Å². The molecule has 3 heteroatoms. The Kier molecular flexibility index (Phi) is 4.99. The maximum absolute atomic E-state index is 12.2. The molecule has 0 aliphatic carbocycles. The van der Waals surface area contributed by atoms with Crippen molar-refractivity contribution in [2.45, 2.75) is 19.5 Å². The van der Waals surface area contributed by atoms with E-state index in [1.807, 2.05) is 6.92 Å². The summed E-state index contributed by atoms with van der Waals surface area (Å²) in [4.78, 5) is 0. The summed E-state index contributed by atoms with van der Waals surface area (Å²) in [6.07, 6.45) is 1.95. The molecule has 0 aromatic heterocycles. The van der Waals surface area contributed by atoms with Crippen LogP contribution < -0.4 is 0 Å². The minimum atomic E-state index is -4.38. The first-order valence-corrected chi connectivity index (χ1v) is 4.19. The van der Waals surface area contributed by atoms with Gasteiger partial charge in [-0.1, -0.05) is 44.4 Å². The summed E-state index contributed by atoms with van der Waals surface area (Å²) in [5.41, 5.74) is -0.795. The van der Waals surface area contributed by atoms with Crippen LogP contribution in [0.15, 0.2) is 48.6 Å². The number of hydrogen-bond acceptors (Lipinski definition) is 0. The van der Waals surface area contributed by atoms with Crippen molar-refractivity contribution in [1.82, 2.24) is 0 Å². The van der Waals surface area contributed by atoms with E-state index in [-0.39, 0.29) is 5.57 Å². The number of allylic oxidation sites excluding steroid dienone is 6. The maximum Gasteiger partial charge on any atom is 0.416 e. The number of rotatable bonds is 4. The van der Waals surface area contributed by atoms with Crippen molar-refractivity contribution in [3.63, 3.8) is 0 Å². The van der Waals surface area contributed by atoms with E-state index in [1.54, 1.807) is 6.08 Å². The second-order valence-electron chi connectivity index (χ2n) is 2.64. The molecule has 0 radical (unpaired) electrons. The second-order valence-corrected chi connectivity index (χ2v) is 2.64. The summed E-state index contributed by atoms with van der Waals surface area (Å²) >= 11 is 0. The van der Waals surface area contributed by atoms with Gasteiger partial charge in [0.1, 0.15) is 0 Å². The van der Waals surface area contributed by atoms with Gasteiger partial charge in [0.2, 0.25) is 0 Å². The van der Waals surface area contributed by atoms with Gasteiger partial charge in [-0.2, -0.15) is 13.2 Å². The van der Waals surface area contributed by atoms with Crippen molar-refractivity contribution >= 4 is 0 Å². The average Bonchev–Trinajstić information content (AvgIpc) is 2.09. The molecule has 0 aliphatic rings. The standard InChI is InChI=1S/C11H13F3/c1-4-6-8-10(7-5-2)9(3)11(12,13)14/h5-8H,2-4H2,1H3/b8-6+,10-7-. The molecular formula is C11H13F3. The van der Waals surface area contributed by atoms with E-state index in [4.69, 9.17) is 0 Å². The van der Waals surface area contributed by atoms with E-state index in [1.165, 1.54) is 18.2 Å². The topological polar surface area (TPSA) is 0 Å². The quantitative estimate of drug-likeness (QED) is 0.600. The van der Waals surface area contributed by atoms with Gasteiger partial charge in [-0.05, 0) is 12.0 Å². The molecule has 0 aromatic carbocycles. The van der Waals surface area contributed by atoms with E-state index < -0.39 is 11.7 Å². The fourth-order valence-electron chi connectivity index (χ4n) is 0.792. The van der Waals surface area contributed by atoms with Crippen LogP contribution in [-0.2, 0) is 0 Å². The Morgan fingerprint density at radius 3 is 2.29 bits per heavy atom. The number of halogens is 3. The molecule has 0 spiro atoms. The van der Waals surface area contributed by atoms with E-state index in [0.717, 1.165) is 0 Å². The fourth-order valence-corrected chi connectivity index (χ4v) is 0.792. The van der Waals surface area contributed by atoms with Crippen molar-refractivity contribution in [2.75, 3.05) is 0 Å². The highest BCUT2D eigenvalue weighted by molar-refractivity contribution is 5.42. The highest BCUT2D eigenvalue weighted by atomic mass is 19.4. The largest absolute Gasteiger partial charge is 0.416 e. The zero-order valence-electron chi connectivity index (χ0n) is 8.06. The van der Waals surface area contributed by atoms with Crippen LogP contribution >= 0.6 is 0 Å². The van der Waals surface area contributed by atoms with Gasteiger partial charge < -0.3 is 0 Å². The summed E-state index contributed by atoms with van der Waals surface area (Å²) in [5.74, 6) is 0. The summed E-state index contributed by atoms with van der Waals surface area (Å²) < 4.78 is 36.7. The van der Waals surface area contributed by atoms with E-state index in [0.29, 0.717) is 6.42 Å². The second kappa shape index (κ2) is 5.47. The molecule has 0 N–H and O–H groups in total. The average molecular weight is 202 g/mol. The van der Waals surface area contributed by atoms with Crippen LogP contribution in [0.1, 0.15) is 13.3 Å². The Morgan fingerprint density at radius 1 is 1.36 bits per heavy atom. The Balaban J connectivity index is 4.86. The minimum absolute atomic E-state index is 0.0503. The first-order valence-electron chi connectivity index (χ1n) is 4.19. The third-order valence-electron chi connectivity index (χ3n) is 1.52. The van der Waals surface area contributed by atoms with E-state index in [9.17, 15) is 13.2 Å². The van der Waals surface area contributed by atoms with E-state index >= 15 is 0 Å². The third kappa shape index (κ3) is 4.12. The molecule has 78 valence electrons. The smallest absolute Gasteiger partial charge is 0.166 e. The normalized spacial score (nSPS) is 13.3. The molecule has 0 amide bonds. The van der Waals surface area contributed by atoms with Crippen LogP contribution in [-0.4, -0.2) is 6.18 Å². The Morgan fingerprint density at radius 2 is 1.93 bits per heavy atom. The van der Waals surface area contributed by atoms with Crippen molar-refractivity contribution in [1.29, 1.82) is 0 Å². The molecule has 0 aliphatic heterocycles. The summed E-state index contributed by atoms with van der Waals surface area (Å²) in [7, 11) is 0. The summed E-state index contributed by atoms with van der Waals surface area (Å²) in [5, 5.41) is 0. The molecule has 0 rings (SSSR count). The molecule has 0 saturated heterocycles. The van der Waals surface area contributed by atoms with Crippen LogP contribution in [0.3, 0.4) is 0 Å². The molecular weight excluding hydrogens is 189 g/mol. The predicted molar refractivity (Wildman–Crippen MR) is 52.9 cm³/mol. The SMILES string of the molecule is C=C/C=C(/C=C/CC)C(=C)C(F)(F)F. The van der Waals surface area contributed by atoms with Crippen molar-refractivity contribution in [3.8, 4) is 0 Å². The van der Waals surface area contributed by atoms with Crippen molar-refractivity contribution < 1.29 is 13.2 Å². The van der Waals surface area contributed by atoms with Crippen molar-refractivity contribution in [3.05, 3.63) is 48.6 Å². The highest BCUT2D eigenvalue weighted by Crippen LogP contribution is 2.30. The monoisotopic (exact) mass is 202 g/mol. The van der Waals surface area contributed by atoms with Crippen LogP contribution in [0, 0.1) is 0 Å². The van der Waals surface area contributed by atoms with Crippen molar-refractivity contribution in [2.24, 2.45) is 0 Å². The highest BCUT2D eigenvalue weighted by Gasteiger charge is 2.32. The fraction of sp³-hybridized carbons (Fsp3) is 0.273. The maximum atomic E-state index is 12.2. The summed E-state index contributed by atoms with van der Waals surface area (Å²) in [6.45, 7) is 8.21. The lowest BCUT2D eigenvalue weighted by atomic mass is 10.1. The zero-order valence-corrected chi connectivity index (χ0v) is 8.06. The molecule has 0 nitrogen and oxygen atoms in total. The number of alkyl halides is 3.